The Bertz CT molecular complexity index is 531. The first-order valence-corrected chi connectivity index (χ1v) is 4.94. The van der Waals surface area contributed by atoms with E-state index in [9.17, 15) is 4.79 Å². The number of carbonyl (C=O) groups excluding carboxylic acids is 1. The van der Waals surface area contributed by atoms with Crippen molar-refractivity contribution in [1.29, 1.82) is 0 Å². The molecule has 0 unspecified atom stereocenters. The van der Waals surface area contributed by atoms with Crippen molar-refractivity contribution in [3.8, 4) is 0 Å². The van der Waals surface area contributed by atoms with Crippen LogP contribution in [-0.2, 0) is 11.9 Å². The van der Waals surface area contributed by atoms with E-state index in [-0.39, 0.29) is 5.97 Å². The van der Waals surface area contributed by atoms with Crippen molar-refractivity contribution >= 4 is 11.6 Å². The zero-order chi connectivity index (χ0) is 11.7. The number of hydroxylamine groups is 2. The van der Waals surface area contributed by atoms with Crippen LogP contribution in [0.15, 0.2) is 30.7 Å². The van der Waals surface area contributed by atoms with Crippen LogP contribution in [-0.4, -0.2) is 29.5 Å². The van der Waals surface area contributed by atoms with Crippen LogP contribution in [0.5, 0.6) is 0 Å². The first kappa shape index (κ1) is 10.6. The van der Waals surface area contributed by atoms with E-state index in [0.29, 0.717) is 5.56 Å². The Morgan fingerprint density at radius 3 is 2.88 bits per heavy atom. The van der Waals surface area contributed by atoms with Crippen molar-refractivity contribution < 1.29 is 14.2 Å². The molecule has 84 valence electrons. The summed E-state index contributed by atoms with van der Waals surface area (Å²) in [5.74, 6) is -0.357. The van der Waals surface area contributed by atoms with Crippen molar-refractivity contribution in [3.05, 3.63) is 36.3 Å². The monoisotopic (exact) mass is 220 g/mol. The lowest BCUT2D eigenvalue weighted by atomic mass is 10.3. The fourth-order valence-corrected chi connectivity index (χ4v) is 1.63. The molecule has 0 radical (unpaired) electrons. The first-order valence-electron chi connectivity index (χ1n) is 4.94. The van der Waals surface area contributed by atoms with Crippen molar-refractivity contribution in [3.63, 3.8) is 0 Å². The first-order chi connectivity index (χ1) is 7.59. The normalized spacial score (nSPS) is 11.0. The van der Waals surface area contributed by atoms with Gasteiger partial charge in [-0.3, -0.25) is 0 Å². The lowest BCUT2D eigenvalue weighted by Crippen LogP contribution is -2.29. The van der Waals surface area contributed by atoms with Gasteiger partial charge in [-0.05, 0) is 12.1 Å². The number of aryl methyl sites for hydroxylation is 1. The second kappa shape index (κ2) is 3.94. The van der Waals surface area contributed by atoms with Gasteiger partial charge in [0, 0.05) is 14.1 Å². The molecule has 2 aromatic heterocycles. The number of carbonyl (C=O) groups is 1. The van der Waals surface area contributed by atoms with Crippen LogP contribution in [0.1, 0.15) is 10.4 Å². The molecular formula is C11H14N3O2+. The van der Waals surface area contributed by atoms with E-state index in [2.05, 4.69) is 0 Å². The molecule has 0 bridgehead atoms. The molecule has 0 aromatic carbocycles. The van der Waals surface area contributed by atoms with Gasteiger partial charge in [0.05, 0.1) is 13.2 Å². The van der Waals surface area contributed by atoms with E-state index in [1.54, 1.807) is 20.2 Å². The maximum atomic E-state index is 11.8. The highest BCUT2D eigenvalue weighted by atomic mass is 16.7. The quantitative estimate of drug-likeness (QED) is 0.543. The van der Waals surface area contributed by atoms with Crippen LogP contribution in [0.4, 0.5) is 0 Å². The van der Waals surface area contributed by atoms with E-state index in [1.165, 1.54) is 5.06 Å². The van der Waals surface area contributed by atoms with Crippen molar-refractivity contribution in [2.24, 2.45) is 7.05 Å². The molecule has 0 fully saturated rings. The van der Waals surface area contributed by atoms with Crippen LogP contribution in [0.2, 0.25) is 0 Å². The minimum Gasteiger partial charge on any atom is -0.364 e. The highest BCUT2D eigenvalue weighted by Gasteiger charge is 2.20. The SMILES string of the molecule is CN(C)OC(=O)c1cccn2cc[n+](C)c12. The van der Waals surface area contributed by atoms with Crippen molar-refractivity contribution in [2.45, 2.75) is 0 Å². The van der Waals surface area contributed by atoms with E-state index in [4.69, 9.17) is 4.84 Å². The fourth-order valence-electron chi connectivity index (χ4n) is 1.63. The van der Waals surface area contributed by atoms with Crippen molar-refractivity contribution in [1.82, 2.24) is 9.46 Å². The molecule has 5 nitrogen and oxygen atoms in total. The van der Waals surface area contributed by atoms with E-state index < -0.39 is 0 Å². The Balaban J connectivity index is 2.51. The van der Waals surface area contributed by atoms with Gasteiger partial charge in [0.15, 0.2) is 5.56 Å². The predicted octanol–water partition coefficient (Wildman–Crippen LogP) is 0.397. The van der Waals surface area contributed by atoms with E-state index in [0.717, 1.165) is 5.65 Å². The van der Waals surface area contributed by atoms with Gasteiger partial charge in [-0.1, -0.05) is 0 Å². The molecule has 2 aromatic rings. The van der Waals surface area contributed by atoms with Gasteiger partial charge < -0.3 is 4.84 Å². The Hall–Kier alpha value is -1.88. The van der Waals surface area contributed by atoms with Crippen LogP contribution in [0.25, 0.3) is 5.65 Å². The number of rotatable bonds is 2. The average Bonchev–Trinajstić information content (AvgIpc) is 2.59. The third-order valence-corrected chi connectivity index (χ3v) is 2.27. The Labute approximate surface area is 93.4 Å². The number of pyridine rings is 1. The zero-order valence-corrected chi connectivity index (χ0v) is 9.54. The average molecular weight is 220 g/mol. The summed E-state index contributed by atoms with van der Waals surface area (Å²) in [6.07, 6.45) is 5.67. The largest absolute Gasteiger partial charge is 0.365 e. The third kappa shape index (κ3) is 1.77. The summed E-state index contributed by atoms with van der Waals surface area (Å²) in [6.45, 7) is 0. The summed E-state index contributed by atoms with van der Waals surface area (Å²) in [7, 11) is 5.24. The molecule has 0 atom stereocenters. The topological polar surface area (TPSA) is 37.8 Å². The van der Waals surface area contributed by atoms with Crippen LogP contribution in [0.3, 0.4) is 0 Å². The fraction of sp³-hybridized carbons (Fsp3) is 0.273. The van der Waals surface area contributed by atoms with Gasteiger partial charge in [-0.25, -0.2) is 13.8 Å². The summed E-state index contributed by atoms with van der Waals surface area (Å²) in [6, 6.07) is 3.57. The Morgan fingerprint density at radius 1 is 1.44 bits per heavy atom. The van der Waals surface area contributed by atoms with E-state index in [1.807, 2.05) is 40.7 Å². The molecule has 0 aliphatic carbocycles. The number of nitrogens with zero attached hydrogens (tertiary/aromatic N) is 3. The molecule has 2 rings (SSSR count). The number of aromatic nitrogens is 2. The van der Waals surface area contributed by atoms with Gasteiger partial charge in [-0.2, -0.15) is 0 Å². The lowest BCUT2D eigenvalue weighted by Gasteiger charge is -2.09. The summed E-state index contributed by atoms with van der Waals surface area (Å²) < 4.78 is 3.76. The number of imidazole rings is 1. The molecule has 0 aliphatic heterocycles. The molecule has 2 heterocycles. The molecule has 0 saturated carbocycles. The van der Waals surface area contributed by atoms with Crippen LogP contribution < -0.4 is 4.57 Å². The summed E-state index contributed by atoms with van der Waals surface area (Å²) in [5, 5.41) is 1.38. The molecule has 0 saturated heterocycles. The lowest BCUT2D eigenvalue weighted by molar-refractivity contribution is -0.644. The highest BCUT2D eigenvalue weighted by molar-refractivity contribution is 5.94. The molecule has 0 N–H and O–H groups in total. The van der Waals surface area contributed by atoms with Crippen molar-refractivity contribution in [2.75, 3.05) is 14.1 Å². The number of hydrogen-bond donors (Lipinski definition) is 0. The van der Waals surface area contributed by atoms with Gasteiger partial charge in [-0.15, -0.1) is 5.06 Å². The number of fused-ring (bicyclic) bond motifs is 1. The standard InChI is InChI=1S/C11H14N3O2/c1-12(2)16-11(15)9-5-4-6-14-8-7-13(3)10(9)14/h4-8H,1-3H3/q+1. The van der Waals surface area contributed by atoms with Gasteiger partial charge in [0.1, 0.15) is 12.4 Å². The summed E-state index contributed by atoms with van der Waals surface area (Å²) in [4.78, 5) is 16.9. The molecule has 5 heteroatoms. The maximum absolute atomic E-state index is 11.8. The second-order valence-corrected chi connectivity index (χ2v) is 3.75. The smallest absolute Gasteiger partial charge is 0.364 e. The third-order valence-electron chi connectivity index (χ3n) is 2.27. The van der Waals surface area contributed by atoms with Gasteiger partial charge in [0.25, 0.3) is 0 Å². The zero-order valence-electron chi connectivity index (χ0n) is 9.54. The molecule has 0 spiro atoms. The minimum absolute atomic E-state index is 0.357. The Morgan fingerprint density at radius 2 is 2.19 bits per heavy atom. The summed E-state index contributed by atoms with van der Waals surface area (Å²) >= 11 is 0. The maximum Gasteiger partial charge on any atom is 0.365 e. The molecule has 0 amide bonds. The predicted molar refractivity (Wildman–Crippen MR) is 57.7 cm³/mol. The molecule has 0 aliphatic rings. The molecule has 16 heavy (non-hydrogen) atoms. The second-order valence-electron chi connectivity index (χ2n) is 3.75. The van der Waals surface area contributed by atoms with Crippen LogP contribution in [0, 0.1) is 0 Å². The molecular weight excluding hydrogens is 206 g/mol. The van der Waals surface area contributed by atoms with Crippen LogP contribution >= 0.6 is 0 Å². The van der Waals surface area contributed by atoms with Gasteiger partial charge >= 0.3 is 11.6 Å². The number of hydrogen-bond acceptors (Lipinski definition) is 3. The Kier molecular flexibility index (Phi) is 2.62. The van der Waals surface area contributed by atoms with E-state index >= 15 is 0 Å². The van der Waals surface area contributed by atoms with Gasteiger partial charge in [0.2, 0.25) is 0 Å². The minimum atomic E-state index is -0.357. The summed E-state index contributed by atoms with van der Waals surface area (Å²) in [5.41, 5.74) is 1.36. The highest BCUT2D eigenvalue weighted by Crippen LogP contribution is 2.08.